The largest absolute Gasteiger partial charge is 0.495 e. The second kappa shape index (κ2) is 6.39. The molecule has 0 heterocycles. The van der Waals surface area contributed by atoms with E-state index in [-0.39, 0.29) is 5.75 Å². The maximum absolute atomic E-state index is 12.0. The van der Waals surface area contributed by atoms with E-state index < -0.39 is 27.5 Å². The average Bonchev–Trinajstić information content (AvgIpc) is 2.37. The zero-order chi connectivity index (χ0) is 15.3. The first-order valence-corrected chi connectivity index (χ1v) is 7.52. The van der Waals surface area contributed by atoms with Crippen LogP contribution in [-0.2, 0) is 20.4 Å². The van der Waals surface area contributed by atoms with Crippen LogP contribution in [0.4, 0.5) is 0 Å². The molecule has 1 aromatic carbocycles. The lowest BCUT2D eigenvalue weighted by atomic mass is 10.1. The lowest BCUT2D eigenvalue weighted by Crippen LogP contribution is -2.22. The maximum atomic E-state index is 12.0. The Bertz CT molecular complexity index is 645. The first-order valence-electron chi connectivity index (χ1n) is 5.80. The molecule has 0 bridgehead atoms. The molecule has 20 heavy (non-hydrogen) atoms. The van der Waals surface area contributed by atoms with Gasteiger partial charge in [-0.3, -0.25) is 4.79 Å². The number of benzene rings is 1. The molecule has 1 aromatic rings. The Morgan fingerprint density at radius 1 is 1.50 bits per heavy atom. The molecule has 0 spiro atoms. The third kappa shape index (κ3) is 3.96. The normalized spacial score (nSPS) is 12.4. The predicted octanol–water partition coefficient (Wildman–Crippen LogP) is 1.34. The summed E-state index contributed by atoms with van der Waals surface area (Å²) in [5.41, 5.74) is 0.769. The van der Waals surface area contributed by atoms with Gasteiger partial charge >= 0.3 is 5.97 Å². The van der Waals surface area contributed by atoms with E-state index in [9.17, 15) is 13.2 Å². The maximum Gasteiger partial charge on any atom is 0.304 e. The van der Waals surface area contributed by atoms with E-state index in [0.717, 1.165) is 0 Å². The third-order valence-electron chi connectivity index (χ3n) is 2.83. The summed E-state index contributed by atoms with van der Waals surface area (Å²) in [4.78, 5) is 10.6. The van der Waals surface area contributed by atoms with Crippen molar-refractivity contribution in [2.75, 3.05) is 7.11 Å². The van der Waals surface area contributed by atoms with E-state index >= 15 is 0 Å². The molecular formula is C13H15NO5S. The highest BCUT2D eigenvalue weighted by Gasteiger charge is 2.24. The van der Waals surface area contributed by atoms with Gasteiger partial charge in [0.15, 0.2) is 9.84 Å². The van der Waals surface area contributed by atoms with Crippen molar-refractivity contribution in [1.82, 2.24) is 0 Å². The highest BCUT2D eigenvalue weighted by molar-refractivity contribution is 7.91. The summed E-state index contributed by atoms with van der Waals surface area (Å²) >= 11 is 0. The van der Waals surface area contributed by atoms with Gasteiger partial charge in [0.2, 0.25) is 0 Å². The number of rotatable bonds is 6. The van der Waals surface area contributed by atoms with Crippen LogP contribution in [0.2, 0.25) is 0 Å². The summed E-state index contributed by atoms with van der Waals surface area (Å²) in [5.74, 6) is -1.15. The number of carboxylic acids is 1. The minimum absolute atomic E-state index is 0.288. The van der Waals surface area contributed by atoms with E-state index in [1.165, 1.54) is 32.2 Å². The van der Waals surface area contributed by atoms with Crippen LogP contribution in [0.15, 0.2) is 18.2 Å². The van der Waals surface area contributed by atoms with Crippen LogP contribution in [0.1, 0.15) is 24.5 Å². The molecule has 0 amide bonds. The quantitative estimate of drug-likeness (QED) is 0.849. The van der Waals surface area contributed by atoms with Crippen LogP contribution in [-0.4, -0.2) is 31.9 Å². The Morgan fingerprint density at radius 3 is 2.65 bits per heavy atom. The minimum atomic E-state index is -3.57. The molecule has 1 rings (SSSR count). The Morgan fingerprint density at radius 2 is 2.15 bits per heavy atom. The van der Waals surface area contributed by atoms with Gasteiger partial charge in [-0.2, -0.15) is 5.26 Å². The molecule has 1 N–H and O–H groups in total. The van der Waals surface area contributed by atoms with Crippen LogP contribution >= 0.6 is 0 Å². The molecule has 1 atom stereocenters. The molecule has 0 saturated heterocycles. The van der Waals surface area contributed by atoms with Gasteiger partial charge in [-0.05, 0) is 24.6 Å². The molecule has 0 radical (unpaired) electrons. The number of nitriles is 1. The van der Waals surface area contributed by atoms with Crippen molar-refractivity contribution < 1.29 is 23.1 Å². The number of sulfone groups is 1. The third-order valence-corrected chi connectivity index (χ3v) is 4.96. The predicted molar refractivity (Wildman–Crippen MR) is 72.0 cm³/mol. The molecule has 0 fully saturated rings. The fraction of sp³-hybridized carbons (Fsp3) is 0.385. The van der Waals surface area contributed by atoms with Crippen molar-refractivity contribution in [3.63, 3.8) is 0 Å². The van der Waals surface area contributed by atoms with Gasteiger partial charge in [-0.1, -0.05) is 6.07 Å². The number of methoxy groups -OCH3 is 1. The monoisotopic (exact) mass is 297 g/mol. The number of aliphatic carboxylic acids is 1. The van der Waals surface area contributed by atoms with E-state index in [2.05, 4.69) is 0 Å². The second-order valence-corrected chi connectivity index (χ2v) is 6.78. The number of carboxylic acid groups (broad SMARTS) is 1. The van der Waals surface area contributed by atoms with E-state index in [0.29, 0.717) is 16.9 Å². The van der Waals surface area contributed by atoms with Gasteiger partial charge < -0.3 is 9.84 Å². The smallest absolute Gasteiger partial charge is 0.304 e. The minimum Gasteiger partial charge on any atom is -0.495 e. The summed E-state index contributed by atoms with van der Waals surface area (Å²) in [6, 6.07) is 6.41. The van der Waals surface area contributed by atoms with Gasteiger partial charge in [-0.15, -0.1) is 0 Å². The highest BCUT2D eigenvalue weighted by Crippen LogP contribution is 2.22. The molecule has 0 saturated carbocycles. The molecule has 6 nitrogen and oxygen atoms in total. The fourth-order valence-electron chi connectivity index (χ4n) is 1.67. The number of carbonyl (C=O) groups is 1. The van der Waals surface area contributed by atoms with Crippen LogP contribution in [0.25, 0.3) is 0 Å². The van der Waals surface area contributed by atoms with Crippen molar-refractivity contribution in [2.24, 2.45) is 0 Å². The molecule has 0 aliphatic rings. The number of hydrogen-bond acceptors (Lipinski definition) is 5. The topological polar surface area (TPSA) is 104 Å². The van der Waals surface area contributed by atoms with Crippen LogP contribution in [0, 0.1) is 11.3 Å². The average molecular weight is 297 g/mol. The first kappa shape index (κ1) is 16.0. The zero-order valence-electron chi connectivity index (χ0n) is 11.2. The summed E-state index contributed by atoms with van der Waals surface area (Å²) in [5, 5.41) is 16.5. The van der Waals surface area contributed by atoms with Crippen LogP contribution in [0.5, 0.6) is 5.75 Å². The fourth-order valence-corrected chi connectivity index (χ4v) is 2.99. The summed E-state index contributed by atoms with van der Waals surface area (Å²) in [6.45, 7) is 1.37. The van der Waals surface area contributed by atoms with Crippen molar-refractivity contribution in [3.8, 4) is 11.8 Å². The zero-order valence-corrected chi connectivity index (χ0v) is 12.0. The van der Waals surface area contributed by atoms with E-state index in [1.54, 1.807) is 0 Å². The van der Waals surface area contributed by atoms with Gasteiger partial charge in [0.05, 0.1) is 30.1 Å². The molecule has 108 valence electrons. The molecule has 0 aliphatic heterocycles. The van der Waals surface area contributed by atoms with Crippen molar-refractivity contribution >= 4 is 15.8 Å². The van der Waals surface area contributed by atoms with Gasteiger partial charge in [-0.25, -0.2) is 8.42 Å². The lowest BCUT2D eigenvalue weighted by molar-refractivity contribution is -0.136. The van der Waals surface area contributed by atoms with Crippen LogP contribution in [0.3, 0.4) is 0 Å². The Kier molecular flexibility index (Phi) is 5.11. The molecule has 0 aromatic heterocycles. The molecule has 7 heteroatoms. The molecule has 1 unspecified atom stereocenters. The summed E-state index contributed by atoms with van der Waals surface area (Å²) < 4.78 is 29.0. The number of ether oxygens (including phenoxy) is 1. The number of hydrogen-bond donors (Lipinski definition) is 1. The van der Waals surface area contributed by atoms with E-state index in [1.807, 2.05) is 6.07 Å². The molecule has 0 aliphatic carbocycles. The second-order valence-electron chi connectivity index (χ2n) is 4.36. The number of nitrogens with zero attached hydrogens (tertiary/aromatic N) is 1. The van der Waals surface area contributed by atoms with Crippen molar-refractivity contribution in [3.05, 3.63) is 29.3 Å². The lowest BCUT2D eigenvalue weighted by Gasteiger charge is -2.11. The SMILES string of the molecule is COc1cc(CS(=O)(=O)C(C)CC(=O)O)ccc1C#N. The van der Waals surface area contributed by atoms with Crippen LogP contribution < -0.4 is 4.74 Å². The first-order chi connectivity index (χ1) is 9.30. The van der Waals surface area contributed by atoms with E-state index in [4.69, 9.17) is 15.1 Å². The summed E-state index contributed by atoms with van der Waals surface area (Å²) in [7, 11) is -2.18. The summed E-state index contributed by atoms with van der Waals surface area (Å²) in [6.07, 6.45) is -0.435. The highest BCUT2D eigenvalue weighted by atomic mass is 32.2. The standard InChI is InChI=1S/C13H15NO5S/c1-9(5-13(15)16)20(17,18)8-10-3-4-11(7-14)12(6-10)19-2/h3-4,6,9H,5,8H2,1-2H3,(H,15,16). The van der Waals surface area contributed by atoms with Gasteiger partial charge in [0, 0.05) is 0 Å². The van der Waals surface area contributed by atoms with Crippen molar-refractivity contribution in [1.29, 1.82) is 5.26 Å². The van der Waals surface area contributed by atoms with Gasteiger partial charge in [0.25, 0.3) is 0 Å². The Balaban J connectivity index is 2.99. The molecular weight excluding hydrogens is 282 g/mol. The van der Waals surface area contributed by atoms with Gasteiger partial charge in [0.1, 0.15) is 11.8 Å². The van der Waals surface area contributed by atoms with Crippen molar-refractivity contribution in [2.45, 2.75) is 24.3 Å². The Hall–Kier alpha value is -2.07. The Labute approximate surface area is 117 Å².